The molecular weight excluding hydrogens is 774 g/mol. The molecule has 0 spiro atoms. The van der Waals surface area contributed by atoms with Crippen LogP contribution in [0.3, 0.4) is 0 Å². The number of phenolic OH excluding ortho intramolecular Hbond substituents is 1. The van der Waals surface area contributed by atoms with Crippen molar-refractivity contribution in [2.75, 3.05) is 0 Å². The van der Waals surface area contributed by atoms with Crippen LogP contribution in [0.2, 0.25) is 0 Å². The fourth-order valence-corrected chi connectivity index (χ4v) is 8.39. The molecular formula is C58H60FN3O. The van der Waals surface area contributed by atoms with Crippen LogP contribution in [0.4, 0.5) is 4.39 Å². The van der Waals surface area contributed by atoms with Crippen LogP contribution in [-0.2, 0) is 21.7 Å². The van der Waals surface area contributed by atoms with Gasteiger partial charge in [0.1, 0.15) is 17.4 Å². The van der Waals surface area contributed by atoms with Crippen LogP contribution in [0.1, 0.15) is 105 Å². The van der Waals surface area contributed by atoms with E-state index in [0.29, 0.717) is 11.4 Å². The first-order valence-electron chi connectivity index (χ1n) is 22.1. The number of hydrogen-bond donors (Lipinski definition) is 1. The van der Waals surface area contributed by atoms with Gasteiger partial charge < -0.3 is 5.11 Å². The number of para-hydroxylation sites is 1. The molecule has 0 unspecified atom stereocenters. The van der Waals surface area contributed by atoms with E-state index in [-0.39, 0.29) is 33.2 Å². The Balaban J connectivity index is 1.46. The lowest BCUT2D eigenvalue weighted by Gasteiger charge is -2.28. The standard InChI is InChI=1S/C58H60FN3O/c1-55(2,3)41-23-26-50(46(33-41)37-17-14-13-15-18-37)62-51-20-16-19-45(52(51)61-54(62)47-34-43(57(7,8)9)35-48(53(47)63)58(10,11)12)39-29-40(31-42(30-39)56(4,5)6)49-32-38(27-28-60-49)36-21-24-44(59)25-22-36/h13-35,63H,1-12H3. The molecule has 63 heavy (non-hydrogen) atoms. The largest absolute Gasteiger partial charge is 0.507 e. The van der Waals surface area contributed by atoms with Gasteiger partial charge in [-0.25, -0.2) is 9.37 Å². The summed E-state index contributed by atoms with van der Waals surface area (Å²) in [6.45, 7) is 26.6. The topological polar surface area (TPSA) is 50.9 Å². The SMILES string of the molecule is CC(C)(C)c1cc(-c2cc(-c3ccc(F)cc3)ccn2)cc(-c2cccc3c2nc(-c2cc(C(C)(C)C)cc(C(C)(C)C)c2O)n3-c2ccc(C(C)(C)C)cc2-c2ccccc2)c1. The van der Waals surface area contributed by atoms with Crippen molar-refractivity contribution in [3.63, 3.8) is 0 Å². The molecule has 0 amide bonds. The summed E-state index contributed by atoms with van der Waals surface area (Å²) >= 11 is 0. The van der Waals surface area contributed by atoms with Crippen LogP contribution < -0.4 is 0 Å². The van der Waals surface area contributed by atoms with Gasteiger partial charge in [-0.2, -0.15) is 0 Å². The summed E-state index contributed by atoms with van der Waals surface area (Å²) in [5.74, 6) is 0.652. The number of rotatable bonds is 6. The fraction of sp³-hybridized carbons (Fsp3) is 0.276. The monoisotopic (exact) mass is 833 g/mol. The second-order valence-electron chi connectivity index (χ2n) is 21.2. The van der Waals surface area contributed by atoms with Gasteiger partial charge in [-0.3, -0.25) is 9.55 Å². The van der Waals surface area contributed by atoms with E-state index in [1.54, 1.807) is 12.1 Å². The second kappa shape index (κ2) is 15.8. The third-order valence-corrected chi connectivity index (χ3v) is 12.2. The van der Waals surface area contributed by atoms with Crippen molar-refractivity contribution in [3.05, 3.63) is 168 Å². The summed E-state index contributed by atoms with van der Waals surface area (Å²) in [5, 5.41) is 12.5. The summed E-state index contributed by atoms with van der Waals surface area (Å²) in [7, 11) is 0. The van der Waals surface area contributed by atoms with E-state index in [9.17, 15) is 9.50 Å². The Labute approximate surface area is 373 Å². The first-order valence-corrected chi connectivity index (χ1v) is 22.1. The predicted octanol–water partition coefficient (Wildman–Crippen LogP) is 15.8. The third kappa shape index (κ3) is 8.58. The summed E-state index contributed by atoms with van der Waals surface area (Å²) in [4.78, 5) is 10.5. The molecule has 0 saturated heterocycles. The van der Waals surface area contributed by atoms with Crippen molar-refractivity contribution in [2.45, 2.75) is 105 Å². The van der Waals surface area contributed by atoms with Crippen LogP contribution >= 0.6 is 0 Å². The highest BCUT2D eigenvalue weighted by Gasteiger charge is 2.30. The van der Waals surface area contributed by atoms with Crippen molar-refractivity contribution in [1.82, 2.24) is 14.5 Å². The lowest BCUT2D eigenvalue weighted by Crippen LogP contribution is -2.17. The van der Waals surface area contributed by atoms with Gasteiger partial charge in [-0.15, -0.1) is 0 Å². The van der Waals surface area contributed by atoms with E-state index in [4.69, 9.17) is 9.97 Å². The number of pyridine rings is 1. The molecule has 4 nitrogen and oxygen atoms in total. The number of imidazole rings is 1. The van der Waals surface area contributed by atoms with Gasteiger partial charge in [0.15, 0.2) is 0 Å². The molecule has 0 aliphatic rings. The van der Waals surface area contributed by atoms with Crippen LogP contribution in [0.15, 0.2) is 140 Å². The number of benzene rings is 6. The Morgan fingerprint density at radius 1 is 0.476 bits per heavy atom. The Bertz CT molecular complexity index is 2980. The minimum absolute atomic E-state index is 0.0842. The van der Waals surface area contributed by atoms with Crippen LogP contribution in [-0.4, -0.2) is 19.6 Å². The zero-order chi connectivity index (χ0) is 45.2. The fourth-order valence-electron chi connectivity index (χ4n) is 8.39. The number of halogens is 1. The lowest BCUT2D eigenvalue weighted by atomic mass is 9.79. The molecule has 1 N–H and O–H groups in total. The molecule has 0 bridgehead atoms. The minimum Gasteiger partial charge on any atom is -0.507 e. The molecule has 320 valence electrons. The highest BCUT2D eigenvalue weighted by Crippen LogP contribution is 2.46. The van der Waals surface area contributed by atoms with Crippen LogP contribution in [0.25, 0.3) is 72.7 Å². The van der Waals surface area contributed by atoms with Gasteiger partial charge in [0.25, 0.3) is 0 Å². The smallest absolute Gasteiger partial charge is 0.149 e. The quantitative estimate of drug-likeness (QED) is 0.182. The molecule has 6 aromatic carbocycles. The van der Waals surface area contributed by atoms with Crippen molar-refractivity contribution >= 4 is 11.0 Å². The van der Waals surface area contributed by atoms with Gasteiger partial charge >= 0.3 is 0 Å². The average molecular weight is 834 g/mol. The number of nitrogens with zero attached hydrogens (tertiary/aromatic N) is 3. The Hall–Kier alpha value is -6.33. The van der Waals surface area contributed by atoms with E-state index in [0.717, 1.165) is 78.0 Å². The summed E-state index contributed by atoms with van der Waals surface area (Å²) in [5.41, 5.74) is 14.9. The number of fused-ring (bicyclic) bond motifs is 1. The van der Waals surface area contributed by atoms with Crippen molar-refractivity contribution in [1.29, 1.82) is 0 Å². The highest BCUT2D eigenvalue weighted by atomic mass is 19.1. The van der Waals surface area contributed by atoms with Crippen molar-refractivity contribution in [3.8, 4) is 67.5 Å². The zero-order valence-electron chi connectivity index (χ0n) is 38.9. The number of aromatic hydroxyl groups is 1. The number of hydrogen-bond acceptors (Lipinski definition) is 3. The predicted molar refractivity (Wildman–Crippen MR) is 262 cm³/mol. The van der Waals surface area contributed by atoms with Gasteiger partial charge in [0.2, 0.25) is 0 Å². The van der Waals surface area contributed by atoms with E-state index >= 15 is 0 Å². The first kappa shape index (κ1) is 43.3. The zero-order valence-corrected chi connectivity index (χ0v) is 38.9. The maximum absolute atomic E-state index is 13.9. The molecule has 8 aromatic rings. The molecule has 2 aromatic heterocycles. The van der Waals surface area contributed by atoms with Crippen LogP contribution in [0, 0.1) is 5.82 Å². The average Bonchev–Trinajstić information content (AvgIpc) is 3.62. The molecule has 0 aliphatic carbocycles. The summed E-state index contributed by atoms with van der Waals surface area (Å²) in [6.07, 6.45) is 1.82. The Morgan fingerprint density at radius 2 is 1.11 bits per heavy atom. The molecule has 5 heteroatoms. The van der Waals surface area contributed by atoms with Crippen molar-refractivity contribution < 1.29 is 9.50 Å². The number of aromatic nitrogens is 3. The van der Waals surface area contributed by atoms with Gasteiger partial charge in [-0.05, 0) is 121 Å². The minimum atomic E-state index is -0.336. The Morgan fingerprint density at radius 3 is 1.76 bits per heavy atom. The molecule has 8 rings (SSSR count). The summed E-state index contributed by atoms with van der Waals surface area (Å²) in [6, 6.07) is 45.5. The Kier molecular flexibility index (Phi) is 10.9. The lowest BCUT2D eigenvalue weighted by molar-refractivity contribution is 0.446. The number of phenols is 1. The summed E-state index contributed by atoms with van der Waals surface area (Å²) < 4.78 is 16.2. The molecule has 0 radical (unpaired) electrons. The molecule has 2 heterocycles. The maximum atomic E-state index is 13.9. The van der Waals surface area contributed by atoms with E-state index in [1.807, 2.05) is 12.3 Å². The normalized spacial score (nSPS) is 12.6. The molecule has 0 aliphatic heterocycles. The molecule has 0 saturated carbocycles. The van der Waals surface area contributed by atoms with E-state index < -0.39 is 0 Å². The third-order valence-electron chi connectivity index (χ3n) is 12.2. The first-order chi connectivity index (χ1) is 29.6. The highest BCUT2D eigenvalue weighted by molar-refractivity contribution is 5.98. The molecule has 0 fully saturated rings. The second-order valence-corrected chi connectivity index (χ2v) is 21.2. The molecule has 0 atom stereocenters. The van der Waals surface area contributed by atoms with Crippen LogP contribution in [0.5, 0.6) is 5.75 Å². The van der Waals surface area contributed by atoms with Gasteiger partial charge in [0.05, 0.1) is 28.0 Å². The van der Waals surface area contributed by atoms with E-state index in [1.165, 1.54) is 17.7 Å². The van der Waals surface area contributed by atoms with Crippen molar-refractivity contribution in [2.24, 2.45) is 0 Å². The maximum Gasteiger partial charge on any atom is 0.149 e. The van der Waals surface area contributed by atoms with Gasteiger partial charge in [-0.1, -0.05) is 156 Å². The van der Waals surface area contributed by atoms with Gasteiger partial charge in [0, 0.05) is 28.5 Å². The van der Waals surface area contributed by atoms with E-state index in [2.05, 4.69) is 191 Å².